The second-order valence-electron chi connectivity index (χ2n) is 7.51. The van der Waals surface area contributed by atoms with Crippen molar-refractivity contribution in [3.05, 3.63) is 83.1 Å². The van der Waals surface area contributed by atoms with E-state index in [0.717, 1.165) is 34.5 Å². The lowest BCUT2D eigenvalue weighted by Crippen LogP contribution is -2.27. The topological polar surface area (TPSA) is 29.4 Å². The van der Waals surface area contributed by atoms with Gasteiger partial charge in [0.1, 0.15) is 0 Å². The second-order valence-corrected chi connectivity index (χ2v) is 7.51. The molecule has 0 bridgehead atoms. The standard InChI is InChI=1S/C22H21NO/c1-22(2)13-17-20(18(24)14-22)19(15-9-5-3-6-10-15)21(23-17)16-11-7-4-8-12-16/h3-12,19H,13-14H2,1-2H3. The lowest BCUT2D eigenvalue weighted by Gasteiger charge is -2.30. The highest BCUT2D eigenvalue weighted by Crippen LogP contribution is 2.47. The molecule has 0 fully saturated rings. The first-order valence-electron chi connectivity index (χ1n) is 8.50. The Kier molecular flexibility index (Phi) is 3.49. The number of aliphatic imine (C=N–C) groups is 1. The van der Waals surface area contributed by atoms with Gasteiger partial charge in [0.15, 0.2) is 5.78 Å². The number of carbonyl (C=O) groups is 1. The van der Waals surface area contributed by atoms with Gasteiger partial charge in [-0.05, 0) is 23.0 Å². The van der Waals surface area contributed by atoms with Crippen molar-refractivity contribution in [2.24, 2.45) is 10.4 Å². The molecule has 2 heteroatoms. The summed E-state index contributed by atoms with van der Waals surface area (Å²) >= 11 is 0. The van der Waals surface area contributed by atoms with Gasteiger partial charge >= 0.3 is 0 Å². The molecule has 0 aromatic heterocycles. The number of Topliss-reactive ketones (excluding diaryl/α,β-unsaturated/α-hetero) is 1. The number of nitrogens with zero attached hydrogens (tertiary/aromatic N) is 1. The third-order valence-corrected chi connectivity index (χ3v) is 4.92. The van der Waals surface area contributed by atoms with Crippen molar-refractivity contribution < 1.29 is 4.79 Å². The van der Waals surface area contributed by atoms with E-state index in [0.29, 0.717) is 6.42 Å². The summed E-state index contributed by atoms with van der Waals surface area (Å²) in [7, 11) is 0. The first kappa shape index (κ1) is 15.1. The number of benzene rings is 2. The summed E-state index contributed by atoms with van der Waals surface area (Å²) in [4.78, 5) is 17.9. The van der Waals surface area contributed by atoms with Crippen molar-refractivity contribution in [2.75, 3.05) is 0 Å². The van der Waals surface area contributed by atoms with Crippen LogP contribution in [0.4, 0.5) is 0 Å². The summed E-state index contributed by atoms with van der Waals surface area (Å²) in [5.74, 6) is 0.219. The molecule has 4 rings (SSSR count). The molecule has 1 aliphatic heterocycles. The van der Waals surface area contributed by atoms with Crippen molar-refractivity contribution in [2.45, 2.75) is 32.6 Å². The molecule has 0 N–H and O–H groups in total. The maximum atomic E-state index is 12.9. The van der Waals surface area contributed by atoms with Gasteiger partial charge in [0.05, 0.1) is 11.6 Å². The van der Waals surface area contributed by atoms with Crippen LogP contribution < -0.4 is 0 Å². The molecular weight excluding hydrogens is 294 g/mol. The minimum absolute atomic E-state index is 0.00715. The number of ketones is 1. The SMILES string of the molecule is CC1(C)CC(=O)C2=C(C1)N=C(c1ccccc1)C2c1ccccc1. The molecule has 24 heavy (non-hydrogen) atoms. The Bertz CT molecular complexity index is 844. The van der Waals surface area contributed by atoms with E-state index in [9.17, 15) is 4.79 Å². The van der Waals surface area contributed by atoms with E-state index < -0.39 is 0 Å². The molecule has 2 aromatic rings. The molecule has 1 aliphatic carbocycles. The molecule has 0 saturated heterocycles. The number of allylic oxidation sites excluding steroid dienone is 2. The highest BCUT2D eigenvalue weighted by molar-refractivity contribution is 6.16. The van der Waals surface area contributed by atoms with Crippen LogP contribution in [0.15, 0.2) is 76.9 Å². The average Bonchev–Trinajstić information content (AvgIpc) is 2.94. The van der Waals surface area contributed by atoms with E-state index in [1.807, 2.05) is 36.4 Å². The van der Waals surface area contributed by atoms with Gasteiger partial charge in [-0.15, -0.1) is 0 Å². The van der Waals surface area contributed by atoms with Gasteiger partial charge in [0.25, 0.3) is 0 Å². The van der Waals surface area contributed by atoms with Crippen LogP contribution in [0.2, 0.25) is 0 Å². The zero-order chi connectivity index (χ0) is 16.7. The van der Waals surface area contributed by atoms with Crippen LogP contribution in [0.3, 0.4) is 0 Å². The van der Waals surface area contributed by atoms with Crippen LogP contribution in [0, 0.1) is 5.41 Å². The molecule has 1 atom stereocenters. The first-order chi connectivity index (χ1) is 11.6. The molecule has 2 aromatic carbocycles. The number of rotatable bonds is 2. The Morgan fingerprint density at radius 1 is 0.917 bits per heavy atom. The van der Waals surface area contributed by atoms with E-state index in [1.54, 1.807) is 0 Å². The quantitative estimate of drug-likeness (QED) is 0.773. The predicted molar refractivity (Wildman–Crippen MR) is 97.2 cm³/mol. The fourth-order valence-corrected chi connectivity index (χ4v) is 3.89. The highest BCUT2D eigenvalue weighted by Gasteiger charge is 2.42. The summed E-state index contributed by atoms with van der Waals surface area (Å²) < 4.78 is 0. The number of hydrogen-bond acceptors (Lipinski definition) is 2. The average molecular weight is 315 g/mol. The van der Waals surface area contributed by atoms with Gasteiger partial charge in [-0.25, -0.2) is 0 Å². The molecular formula is C22H21NO. The van der Waals surface area contributed by atoms with Crippen molar-refractivity contribution in [1.29, 1.82) is 0 Å². The summed E-state index contributed by atoms with van der Waals surface area (Å²) in [6.07, 6.45) is 1.47. The van der Waals surface area contributed by atoms with Crippen molar-refractivity contribution >= 4 is 11.5 Å². The molecule has 0 amide bonds. The molecule has 0 radical (unpaired) electrons. The Balaban J connectivity index is 1.87. The lowest BCUT2D eigenvalue weighted by molar-refractivity contribution is -0.118. The zero-order valence-corrected chi connectivity index (χ0v) is 14.1. The minimum atomic E-state index is -0.0350. The summed E-state index contributed by atoms with van der Waals surface area (Å²) in [5, 5.41) is 0. The molecule has 1 unspecified atom stereocenters. The maximum absolute atomic E-state index is 12.9. The van der Waals surface area contributed by atoms with E-state index in [4.69, 9.17) is 4.99 Å². The normalized spacial score (nSPS) is 22.3. The fraction of sp³-hybridized carbons (Fsp3) is 0.273. The van der Waals surface area contributed by atoms with Crippen LogP contribution in [-0.4, -0.2) is 11.5 Å². The van der Waals surface area contributed by atoms with Gasteiger partial charge in [0.2, 0.25) is 0 Å². The molecule has 2 nitrogen and oxygen atoms in total. The third-order valence-electron chi connectivity index (χ3n) is 4.92. The number of carbonyl (C=O) groups excluding carboxylic acids is 1. The van der Waals surface area contributed by atoms with Crippen molar-refractivity contribution in [1.82, 2.24) is 0 Å². The molecule has 120 valence electrons. The molecule has 2 aliphatic rings. The monoisotopic (exact) mass is 315 g/mol. The van der Waals surface area contributed by atoms with Crippen LogP contribution in [0.25, 0.3) is 0 Å². The van der Waals surface area contributed by atoms with E-state index in [2.05, 4.69) is 38.1 Å². The van der Waals surface area contributed by atoms with Crippen LogP contribution >= 0.6 is 0 Å². The van der Waals surface area contributed by atoms with Gasteiger partial charge in [0, 0.05) is 17.7 Å². The Labute approximate surface area is 142 Å². The summed E-state index contributed by atoms with van der Waals surface area (Å²) in [5.41, 5.74) is 5.16. The second kappa shape index (κ2) is 5.55. The maximum Gasteiger partial charge on any atom is 0.162 e. The molecule has 0 spiro atoms. The minimum Gasteiger partial charge on any atom is -0.294 e. The van der Waals surface area contributed by atoms with Crippen molar-refractivity contribution in [3.8, 4) is 0 Å². The Morgan fingerprint density at radius 3 is 2.21 bits per heavy atom. The molecule has 0 saturated carbocycles. The molecule has 1 heterocycles. The fourth-order valence-electron chi connectivity index (χ4n) is 3.89. The largest absolute Gasteiger partial charge is 0.294 e. The van der Waals surface area contributed by atoms with E-state index in [-0.39, 0.29) is 17.1 Å². The van der Waals surface area contributed by atoms with E-state index >= 15 is 0 Å². The van der Waals surface area contributed by atoms with Crippen LogP contribution in [0.1, 0.15) is 43.7 Å². The smallest absolute Gasteiger partial charge is 0.162 e. The van der Waals surface area contributed by atoms with E-state index in [1.165, 1.54) is 0 Å². The van der Waals surface area contributed by atoms with Crippen LogP contribution in [0.5, 0.6) is 0 Å². The van der Waals surface area contributed by atoms with Gasteiger partial charge in [-0.1, -0.05) is 74.5 Å². The predicted octanol–water partition coefficient (Wildman–Crippen LogP) is 4.92. The first-order valence-corrected chi connectivity index (χ1v) is 8.50. The summed E-state index contributed by atoms with van der Waals surface area (Å²) in [6, 6.07) is 20.5. The third kappa shape index (κ3) is 2.52. The summed E-state index contributed by atoms with van der Waals surface area (Å²) in [6.45, 7) is 4.31. The van der Waals surface area contributed by atoms with Gasteiger partial charge < -0.3 is 0 Å². The zero-order valence-electron chi connectivity index (χ0n) is 14.1. The van der Waals surface area contributed by atoms with Crippen LogP contribution in [-0.2, 0) is 4.79 Å². The Morgan fingerprint density at radius 2 is 1.54 bits per heavy atom. The number of hydrogen-bond donors (Lipinski definition) is 0. The van der Waals surface area contributed by atoms with Gasteiger partial charge in [-0.2, -0.15) is 0 Å². The highest BCUT2D eigenvalue weighted by atomic mass is 16.1. The van der Waals surface area contributed by atoms with Gasteiger partial charge in [-0.3, -0.25) is 9.79 Å². The Hall–Kier alpha value is -2.48. The van der Waals surface area contributed by atoms with Crippen molar-refractivity contribution in [3.63, 3.8) is 0 Å². The lowest BCUT2D eigenvalue weighted by atomic mass is 9.72.